The Kier molecular flexibility index (Phi) is 3.58. The normalized spacial score (nSPS) is 35.3. The molecule has 0 spiro atoms. The first-order valence-electron chi connectivity index (χ1n) is 9.87. The molecule has 0 aromatic heterocycles. The third-order valence-corrected chi connectivity index (χ3v) is 7.20. The van der Waals surface area contributed by atoms with Crippen molar-refractivity contribution in [3.8, 4) is 0 Å². The van der Waals surface area contributed by atoms with Gasteiger partial charge in [-0.2, -0.15) is 0 Å². The molecule has 3 amide bonds. The van der Waals surface area contributed by atoms with Crippen LogP contribution in [0, 0.1) is 49.4 Å². The highest BCUT2D eigenvalue weighted by Crippen LogP contribution is 2.65. The van der Waals surface area contributed by atoms with Crippen molar-refractivity contribution in [2.45, 2.75) is 26.7 Å². The van der Waals surface area contributed by atoms with E-state index in [1.807, 2.05) is 32.0 Å². The van der Waals surface area contributed by atoms with E-state index in [9.17, 15) is 14.4 Å². The van der Waals surface area contributed by atoms with Crippen molar-refractivity contribution < 1.29 is 14.4 Å². The summed E-state index contributed by atoms with van der Waals surface area (Å²) in [6.07, 6.45) is 5.64. The molecule has 5 nitrogen and oxygen atoms in total. The molecule has 5 heteroatoms. The molecule has 2 bridgehead atoms. The van der Waals surface area contributed by atoms with Gasteiger partial charge in [0, 0.05) is 18.7 Å². The Labute approximate surface area is 158 Å². The van der Waals surface area contributed by atoms with E-state index < -0.39 is 0 Å². The zero-order valence-corrected chi connectivity index (χ0v) is 15.6. The van der Waals surface area contributed by atoms with E-state index in [-0.39, 0.29) is 54.4 Å². The van der Waals surface area contributed by atoms with Crippen molar-refractivity contribution in [1.29, 1.82) is 0 Å². The second-order valence-electron chi connectivity index (χ2n) is 8.53. The number of amides is 3. The van der Waals surface area contributed by atoms with Crippen molar-refractivity contribution in [2.24, 2.45) is 35.5 Å². The summed E-state index contributed by atoms with van der Waals surface area (Å²) in [4.78, 5) is 39.6. The van der Waals surface area contributed by atoms with Crippen LogP contribution in [0.25, 0.3) is 0 Å². The van der Waals surface area contributed by atoms with Gasteiger partial charge in [-0.25, -0.2) is 0 Å². The number of hydrogen-bond acceptors (Lipinski definition) is 3. The maximum Gasteiger partial charge on any atom is 0.233 e. The zero-order valence-electron chi connectivity index (χ0n) is 15.6. The minimum Gasteiger partial charge on any atom is -0.326 e. The van der Waals surface area contributed by atoms with Crippen molar-refractivity contribution in [3.05, 3.63) is 41.5 Å². The first-order valence-corrected chi connectivity index (χ1v) is 9.87. The van der Waals surface area contributed by atoms with Gasteiger partial charge in [0.1, 0.15) is 0 Å². The quantitative estimate of drug-likeness (QED) is 0.660. The molecule has 1 N–H and O–H groups in total. The second-order valence-corrected chi connectivity index (χ2v) is 8.53. The van der Waals surface area contributed by atoms with Crippen LogP contribution in [0.4, 0.5) is 5.69 Å². The van der Waals surface area contributed by atoms with Crippen LogP contribution >= 0.6 is 0 Å². The molecule has 27 heavy (non-hydrogen) atoms. The SMILES string of the molecule is Cc1cccc(NC(=O)CCN2C(=O)C3C4C=CC(C5CC45)C3C2=O)c1C. The molecule has 5 aliphatic rings. The van der Waals surface area contributed by atoms with Crippen molar-refractivity contribution in [1.82, 2.24) is 4.90 Å². The minimum atomic E-state index is -0.182. The summed E-state index contributed by atoms with van der Waals surface area (Å²) in [6.45, 7) is 4.15. The number of rotatable bonds is 4. The molecular formula is C22H24N2O3. The van der Waals surface area contributed by atoms with Crippen LogP contribution in [0.5, 0.6) is 0 Å². The molecule has 2 saturated carbocycles. The minimum absolute atomic E-state index is 0.0609. The van der Waals surface area contributed by atoms with Crippen LogP contribution in [-0.2, 0) is 14.4 Å². The molecule has 6 rings (SSSR count). The molecule has 140 valence electrons. The fourth-order valence-corrected chi connectivity index (χ4v) is 5.55. The molecule has 1 heterocycles. The monoisotopic (exact) mass is 364 g/mol. The smallest absolute Gasteiger partial charge is 0.233 e. The number of benzene rings is 1. The lowest BCUT2D eigenvalue weighted by atomic mass is 9.63. The van der Waals surface area contributed by atoms with E-state index in [0.29, 0.717) is 11.8 Å². The molecule has 1 aliphatic heterocycles. The molecule has 1 aromatic carbocycles. The van der Waals surface area contributed by atoms with Crippen LogP contribution in [0.2, 0.25) is 0 Å². The molecule has 3 fully saturated rings. The maximum absolute atomic E-state index is 12.9. The van der Waals surface area contributed by atoms with Gasteiger partial charge in [-0.05, 0) is 61.1 Å². The largest absolute Gasteiger partial charge is 0.326 e. The lowest BCUT2D eigenvalue weighted by molar-refractivity contribution is -0.140. The van der Waals surface area contributed by atoms with E-state index in [4.69, 9.17) is 0 Å². The molecule has 6 unspecified atom stereocenters. The number of nitrogens with zero attached hydrogens (tertiary/aromatic N) is 1. The van der Waals surface area contributed by atoms with Gasteiger partial charge in [-0.3, -0.25) is 19.3 Å². The number of anilines is 1. The van der Waals surface area contributed by atoms with E-state index in [0.717, 1.165) is 23.2 Å². The average Bonchev–Trinajstić information content (AvgIpc) is 3.43. The molecule has 6 atom stereocenters. The number of allylic oxidation sites excluding steroid dienone is 2. The van der Waals surface area contributed by atoms with Crippen molar-refractivity contribution in [3.63, 3.8) is 0 Å². The summed E-state index contributed by atoms with van der Waals surface area (Å²) in [5.41, 5.74) is 2.94. The molecule has 1 aromatic rings. The first kappa shape index (κ1) is 16.7. The van der Waals surface area contributed by atoms with Gasteiger partial charge in [-0.15, -0.1) is 0 Å². The topological polar surface area (TPSA) is 66.5 Å². The summed E-state index contributed by atoms with van der Waals surface area (Å²) in [5, 5.41) is 2.91. The molecular weight excluding hydrogens is 340 g/mol. The van der Waals surface area contributed by atoms with Gasteiger partial charge in [-0.1, -0.05) is 24.3 Å². The summed E-state index contributed by atoms with van der Waals surface area (Å²) in [6, 6.07) is 5.78. The summed E-state index contributed by atoms with van der Waals surface area (Å²) in [5.74, 6) is 1.02. The molecule has 0 radical (unpaired) electrons. The van der Waals surface area contributed by atoms with Crippen molar-refractivity contribution in [2.75, 3.05) is 11.9 Å². The third-order valence-electron chi connectivity index (χ3n) is 7.20. The Morgan fingerprint density at radius 1 is 1.07 bits per heavy atom. The van der Waals surface area contributed by atoms with Crippen LogP contribution in [0.3, 0.4) is 0 Å². The Morgan fingerprint density at radius 2 is 1.70 bits per heavy atom. The lowest BCUT2D eigenvalue weighted by Crippen LogP contribution is -2.40. The Morgan fingerprint density at radius 3 is 2.33 bits per heavy atom. The van der Waals surface area contributed by atoms with E-state index in [2.05, 4.69) is 17.5 Å². The highest BCUT2D eigenvalue weighted by Gasteiger charge is 2.66. The Hall–Kier alpha value is -2.43. The number of aryl methyl sites for hydroxylation is 1. The van der Waals surface area contributed by atoms with Crippen LogP contribution in [0.1, 0.15) is 24.0 Å². The summed E-state index contributed by atoms with van der Waals surface area (Å²) >= 11 is 0. The highest BCUT2D eigenvalue weighted by atomic mass is 16.2. The first-order chi connectivity index (χ1) is 13.0. The number of carbonyl (C=O) groups excluding carboxylic acids is 3. The molecule has 1 saturated heterocycles. The van der Waals surface area contributed by atoms with Gasteiger partial charge in [0.05, 0.1) is 11.8 Å². The van der Waals surface area contributed by atoms with Gasteiger partial charge >= 0.3 is 0 Å². The van der Waals surface area contributed by atoms with E-state index in [1.165, 1.54) is 4.90 Å². The number of nitrogens with one attached hydrogen (secondary N) is 1. The standard InChI is InChI=1S/C22H24N2O3/c1-11-4-3-5-17(12(11)2)23-18(25)8-9-24-21(26)19-13-6-7-14(16-10-15(13)16)20(19)22(24)27/h3-7,13-16,19-20H,8-10H2,1-2H3,(H,23,25). The van der Waals surface area contributed by atoms with Crippen LogP contribution < -0.4 is 5.32 Å². The van der Waals surface area contributed by atoms with Crippen LogP contribution in [-0.4, -0.2) is 29.2 Å². The fraction of sp³-hybridized carbons (Fsp3) is 0.500. The Balaban J connectivity index is 1.26. The fourth-order valence-electron chi connectivity index (χ4n) is 5.55. The van der Waals surface area contributed by atoms with Crippen molar-refractivity contribution >= 4 is 23.4 Å². The molecule has 4 aliphatic carbocycles. The van der Waals surface area contributed by atoms with Gasteiger partial charge < -0.3 is 5.32 Å². The lowest BCUT2D eigenvalue weighted by Gasteiger charge is -2.37. The third kappa shape index (κ3) is 2.40. The predicted octanol–water partition coefficient (Wildman–Crippen LogP) is 2.69. The highest BCUT2D eigenvalue weighted by molar-refractivity contribution is 6.06. The number of carbonyl (C=O) groups is 3. The van der Waals surface area contributed by atoms with Gasteiger partial charge in [0.25, 0.3) is 0 Å². The number of likely N-dealkylation sites (tertiary alicyclic amines) is 1. The van der Waals surface area contributed by atoms with E-state index in [1.54, 1.807) is 0 Å². The number of hydrogen-bond donors (Lipinski definition) is 1. The zero-order chi connectivity index (χ0) is 18.9. The average molecular weight is 364 g/mol. The predicted molar refractivity (Wildman–Crippen MR) is 101 cm³/mol. The van der Waals surface area contributed by atoms with Crippen LogP contribution in [0.15, 0.2) is 30.4 Å². The van der Waals surface area contributed by atoms with Gasteiger partial charge in [0.15, 0.2) is 0 Å². The second kappa shape index (κ2) is 5.78. The van der Waals surface area contributed by atoms with E-state index >= 15 is 0 Å². The number of imide groups is 1. The Bertz CT molecular complexity index is 854. The van der Waals surface area contributed by atoms with Gasteiger partial charge in [0.2, 0.25) is 17.7 Å². The maximum atomic E-state index is 12.9. The summed E-state index contributed by atoms with van der Waals surface area (Å²) in [7, 11) is 0. The summed E-state index contributed by atoms with van der Waals surface area (Å²) < 4.78 is 0.